The summed E-state index contributed by atoms with van der Waals surface area (Å²) in [7, 11) is 1.56. The third-order valence-electron chi connectivity index (χ3n) is 3.37. The molecule has 126 valence electrons. The van der Waals surface area contributed by atoms with Crippen molar-refractivity contribution >= 4 is 28.0 Å². The Morgan fingerprint density at radius 3 is 2.67 bits per heavy atom. The van der Waals surface area contributed by atoms with Gasteiger partial charge in [0.05, 0.1) is 13.7 Å². The van der Waals surface area contributed by atoms with Gasteiger partial charge in [-0.1, -0.05) is 46.3 Å². The zero-order chi connectivity index (χ0) is 17.4. The third kappa shape index (κ3) is 5.42. The van der Waals surface area contributed by atoms with Crippen LogP contribution in [0.3, 0.4) is 0 Å². The highest BCUT2D eigenvalue weighted by Crippen LogP contribution is 2.35. The Bertz CT molecular complexity index is 711. The average molecular weight is 391 g/mol. The number of benzene rings is 2. The molecule has 0 aliphatic rings. The number of aliphatic carboxylic acids is 1. The van der Waals surface area contributed by atoms with Gasteiger partial charge in [-0.2, -0.15) is 0 Å². The van der Waals surface area contributed by atoms with Gasteiger partial charge >= 0.3 is 5.97 Å². The number of carboxylic acids is 1. The topological polar surface area (TPSA) is 55.8 Å². The van der Waals surface area contributed by atoms with E-state index in [4.69, 9.17) is 14.6 Å². The van der Waals surface area contributed by atoms with E-state index in [1.807, 2.05) is 18.2 Å². The quantitative estimate of drug-likeness (QED) is 0.529. The van der Waals surface area contributed by atoms with Gasteiger partial charge in [0.15, 0.2) is 11.5 Å². The van der Waals surface area contributed by atoms with Gasteiger partial charge in [-0.15, -0.1) is 0 Å². The van der Waals surface area contributed by atoms with Crippen LogP contribution in [0.5, 0.6) is 11.5 Å². The molecule has 4 nitrogen and oxygen atoms in total. The van der Waals surface area contributed by atoms with Gasteiger partial charge in [0.25, 0.3) is 0 Å². The molecular weight excluding hydrogens is 372 g/mol. The minimum atomic E-state index is -1.01. The molecule has 2 rings (SSSR count). The van der Waals surface area contributed by atoms with Crippen molar-refractivity contribution < 1.29 is 19.4 Å². The Morgan fingerprint density at radius 2 is 2.00 bits per heavy atom. The lowest BCUT2D eigenvalue weighted by Gasteiger charge is -2.14. The van der Waals surface area contributed by atoms with Crippen LogP contribution in [0.2, 0.25) is 0 Å². The molecule has 0 unspecified atom stereocenters. The summed E-state index contributed by atoms with van der Waals surface area (Å²) in [5.74, 6) is 0.101. The molecule has 24 heavy (non-hydrogen) atoms. The molecule has 0 aliphatic carbocycles. The lowest BCUT2D eigenvalue weighted by atomic mass is 10.1. The molecule has 1 N–H and O–H groups in total. The highest BCUT2D eigenvalue weighted by Gasteiger charge is 2.11. The summed E-state index contributed by atoms with van der Waals surface area (Å²) in [6, 6.07) is 13.8. The molecule has 0 radical (unpaired) electrons. The van der Waals surface area contributed by atoms with Crippen molar-refractivity contribution in [3.8, 4) is 11.5 Å². The van der Waals surface area contributed by atoms with Gasteiger partial charge in [-0.05, 0) is 36.6 Å². The van der Waals surface area contributed by atoms with Crippen LogP contribution >= 0.6 is 15.9 Å². The fourth-order valence-electron chi connectivity index (χ4n) is 2.27. The molecule has 0 saturated carbocycles. The number of carboxylic acid groups (broad SMARTS) is 1. The van der Waals surface area contributed by atoms with Crippen LogP contribution in [-0.2, 0) is 11.2 Å². The van der Waals surface area contributed by atoms with E-state index in [0.717, 1.165) is 23.4 Å². The zero-order valence-electron chi connectivity index (χ0n) is 13.4. The highest BCUT2D eigenvalue weighted by atomic mass is 79.9. The Hall–Kier alpha value is -2.27. The Kier molecular flexibility index (Phi) is 6.88. The second kappa shape index (κ2) is 9.13. The Balaban J connectivity index is 2.08. The van der Waals surface area contributed by atoms with Crippen molar-refractivity contribution in [2.75, 3.05) is 13.7 Å². The number of rotatable bonds is 8. The van der Waals surface area contributed by atoms with Crippen LogP contribution in [0.4, 0.5) is 0 Å². The Labute approximate surface area is 149 Å². The van der Waals surface area contributed by atoms with Crippen LogP contribution in [0.15, 0.2) is 53.0 Å². The molecule has 0 amide bonds. The molecule has 5 heteroatoms. The van der Waals surface area contributed by atoms with Gasteiger partial charge in [0.1, 0.15) is 0 Å². The molecule has 0 bridgehead atoms. The molecule has 2 aromatic rings. The number of carbonyl (C=O) groups is 1. The summed E-state index contributed by atoms with van der Waals surface area (Å²) in [6.45, 7) is 0.515. The van der Waals surface area contributed by atoms with Gasteiger partial charge in [-0.3, -0.25) is 0 Å². The molecule has 0 spiro atoms. The molecular formula is C19H19BrO4. The van der Waals surface area contributed by atoms with E-state index in [0.29, 0.717) is 23.7 Å². The lowest BCUT2D eigenvalue weighted by molar-refractivity contribution is -0.131. The highest BCUT2D eigenvalue weighted by molar-refractivity contribution is 9.10. The van der Waals surface area contributed by atoms with Gasteiger partial charge in [0, 0.05) is 16.1 Å². The van der Waals surface area contributed by atoms with E-state index >= 15 is 0 Å². The van der Waals surface area contributed by atoms with Crippen LogP contribution in [0.25, 0.3) is 6.08 Å². The molecule has 0 heterocycles. The van der Waals surface area contributed by atoms with Gasteiger partial charge in [0.2, 0.25) is 0 Å². The fourth-order valence-corrected chi connectivity index (χ4v) is 2.73. The van der Waals surface area contributed by atoms with Crippen LogP contribution < -0.4 is 9.47 Å². The first-order valence-corrected chi connectivity index (χ1v) is 8.34. The van der Waals surface area contributed by atoms with Crippen molar-refractivity contribution in [1.29, 1.82) is 0 Å². The van der Waals surface area contributed by atoms with E-state index in [1.165, 1.54) is 11.6 Å². The molecule has 0 aliphatic heterocycles. The number of aryl methyl sites for hydroxylation is 1. The monoisotopic (exact) mass is 390 g/mol. The Morgan fingerprint density at radius 1 is 1.25 bits per heavy atom. The van der Waals surface area contributed by atoms with Gasteiger partial charge in [-0.25, -0.2) is 4.79 Å². The maximum atomic E-state index is 10.8. The predicted molar refractivity (Wildman–Crippen MR) is 97.6 cm³/mol. The normalized spacial score (nSPS) is 10.8. The summed E-state index contributed by atoms with van der Waals surface area (Å²) in [5, 5.41) is 8.83. The largest absolute Gasteiger partial charge is 0.493 e. The second-order valence-electron chi connectivity index (χ2n) is 5.14. The number of hydrogen-bond acceptors (Lipinski definition) is 3. The minimum Gasteiger partial charge on any atom is -0.493 e. The van der Waals surface area contributed by atoms with Crippen molar-refractivity contribution in [3.05, 3.63) is 64.1 Å². The summed E-state index contributed by atoms with van der Waals surface area (Å²) < 4.78 is 12.0. The number of halogens is 1. The molecule has 0 saturated heterocycles. The predicted octanol–water partition coefficient (Wildman–Crippen LogP) is 4.57. The molecule has 0 atom stereocenters. The number of hydrogen-bond donors (Lipinski definition) is 1. The molecule has 0 aromatic heterocycles. The van der Waals surface area contributed by atoms with E-state index < -0.39 is 5.97 Å². The molecule has 0 fully saturated rings. The summed E-state index contributed by atoms with van der Waals surface area (Å²) in [5.41, 5.74) is 1.92. The van der Waals surface area contributed by atoms with Crippen LogP contribution in [0, 0.1) is 0 Å². The summed E-state index contributed by atoms with van der Waals surface area (Å²) in [6.07, 6.45) is 4.35. The maximum Gasteiger partial charge on any atom is 0.328 e. The first kappa shape index (κ1) is 18.1. The van der Waals surface area contributed by atoms with Crippen LogP contribution in [-0.4, -0.2) is 24.8 Å². The van der Waals surface area contributed by atoms with Gasteiger partial charge < -0.3 is 14.6 Å². The smallest absolute Gasteiger partial charge is 0.328 e. The van der Waals surface area contributed by atoms with E-state index in [9.17, 15) is 4.79 Å². The average Bonchev–Trinajstić information content (AvgIpc) is 2.58. The van der Waals surface area contributed by atoms with E-state index in [1.54, 1.807) is 19.2 Å². The van der Waals surface area contributed by atoms with Crippen molar-refractivity contribution in [1.82, 2.24) is 0 Å². The number of methoxy groups -OCH3 is 1. The molecule has 2 aromatic carbocycles. The van der Waals surface area contributed by atoms with Crippen molar-refractivity contribution in [2.45, 2.75) is 12.8 Å². The summed E-state index contributed by atoms with van der Waals surface area (Å²) in [4.78, 5) is 10.8. The van der Waals surface area contributed by atoms with E-state index in [2.05, 4.69) is 28.1 Å². The first-order valence-electron chi connectivity index (χ1n) is 7.55. The first-order chi connectivity index (χ1) is 11.6. The standard InChI is InChI=1S/C19H19BrO4/c1-23-17-13-16(20)12-15(9-10-18(21)22)19(17)24-11-5-8-14-6-3-2-4-7-14/h2-4,6-7,9-10,12-13H,5,8,11H2,1H3,(H,21,22)/b10-9+. The lowest BCUT2D eigenvalue weighted by Crippen LogP contribution is -2.03. The second-order valence-corrected chi connectivity index (χ2v) is 6.05. The minimum absolute atomic E-state index is 0.515. The van der Waals surface area contributed by atoms with Crippen LogP contribution in [0.1, 0.15) is 17.5 Å². The van der Waals surface area contributed by atoms with Crippen molar-refractivity contribution in [2.24, 2.45) is 0 Å². The maximum absolute atomic E-state index is 10.8. The zero-order valence-corrected chi connectivity index (χ0v) is 15.0. The SMILES string of the molecule is COc1cc(Br)cc(/C=C/C(=O)O)c1OCCCc1ccccc1. The number of ether oxygens (including phenoxy) is 2. The fraction of sp³-hybridized carbons (Fsp3) is 0.211. The van der Waals surface area contributed by atoms with Crippen molar-refractivity contribution in [3.63, 3.8) is 0 Å². The third-order valence-corrected chi connectivity index (χ3v) is 3.83. The van der Waals surface area contributed by atoms with E-state index in [-0.39, 0.29) is 0 Å². The summed E-state index contributed by atoms with van der Waals surface area (Å²) >= 11 is 3.39.